The number of aliphatic imine (C=N–C) groups is 1. The monoisotopic (exact) mass is 206 g/mol. The predicted molar refractivity (Wildman–Crippen MR) is 53.4 cm³/mol. The molecule has 0 saturated carbocycles. The van der Waals surface area contributed by atoms with Crippen LogP contribution < -0.4 is 4.74 Å². The van der Waals surface area contributed by atoms with Crippen LogP contribution in [0, 0.1) is 0 Å². The standard InChI is InChI=1S/C10H10N2O3/c1-2-14-10(13)8-6-12-9-7(15-8)4-3-5-11-9/h3-6,8H,2H2,1H3. The minimum Gasteiger partial charge on any atom is -0.469 e. The highest BCUT2D eigenvalue weighted by atomic mass is 16.6. The molecule has 5 heteroatoms. The quantitative estimate of drug-likeness (QED) is 0.680. The second kappa shape index (κ2) is 4.08. The fourth-order valence-electron chi connectivity index (χ4n) is 1.21. The Morgan fingerprint density at radius 2 is 2.53 bits per heavy atom. The summed E-state index contributed by atoms with van der Waals surface area (Å²) in [7, 11) is 0. The first-order valence-corrected chi connectivity index (χ1v) is 4.63. The lowest BCUT2D eigenvalue weighted by Gasteiger charge is -2.17. The second-order valence-electron chi connectivity index (χ2n) is 2.89. The number of carbonyl (C=O) groups excluding carboxylic acids is 1. The molecule has 0 spiro atoms. The average Bonchev–Trinajstić information content (AvgIpc) is 2.29. The third-order valence-corrected chi connectivity index (χ3v) is 1.86. The molecular weight excluding hydrogens is 196 g/mol. The van der Waals surface area contributed by atoms with Crippen LogP contribution in [0.25, 0.3) is 0 Å². The van der Waals surface area contributed by atoms with E-state index in [1.54, 1.807) is 25.3 Å². The maximum atomic E-state index is 11.3. The normalized spacial score (nSPS) is 17.8. The first-order valence-electron chi connectivity index (χ1n) is 4.63. The summed E-state index contributed by atoms with van der Waals surface area (Å²) in [5, 5.41) is 0. The molecule has 15 heavy (non-hydrogen) atoms. The Bertz CT molecular complexity index is 403. The Kier molecular flexibility index (Phi) is 2.62. The maximum absolute atomic E-state index is 11.3. The van der Waals surface area contributed by atoms with E-state index in [0.29, 0.717) is 18.2 Å². The van der Waals surface area contributed by atoms with Crippen LogP contribution in [0.5, 0.6) is 5.75 Å². The van der Waals surface area contributed by atoms with Gasteiger partial charge in [-0.3, -0.25) is 0 Å². The van der Waals surface area contributed by atoms with E-state index in [1.165, 1.54) is 6.21 Å². The Morgan fingerprint density at radius 1 is 1.67 bits per heavy atom. The van der Waals surface area contributed by atoms with Gasteiger partial charge < -0.3 is 9.47 Å². The van der Waals surface area contributed by atoms with E-state index in [4.69, 9.17) is 9.47 Å². The predicted octanol–water partition coefficient (Wildman–Crippen LogP) is 1.11. The summed E-state index contributed by atoms with van der Waals surface area (Å²) in [6.45, 7) is 2.07. The molecule has 1 unspecified atom stereocenters. The molecule has 5 nitrogen and oxygen atoms in total. The maximum Gasteiger partial charge on any atom is 0.353 e. The molecule has 0 N–H and O–H groups in total. The summed E-state index contributed by atoms with van der Waals surface area (Å²) >= 11 is 0. The SMILES string of the molecule is CCOC(=O)C1C=Nc2ncccc2O1. The third kappa shape index (κ3) is 1.96. The largest absolute Gasteiger partial charge is 0.469 e. The fourth-order valence-corrected chi connectivity index (χ4v) is 1.21. The zero-order valence-corrected chi connectivity index (χ0v) is 8.21. The molecule has 1 aromatic rings. The van der Waals surface area contributed by atoms with Gasteiger partial charge in [0.2, 0.25) is 6.10 Å². The molecule has 0 aliphatic carbocycles. The van der Waals surface area contributed by atoms with Crippen molar-refractivity contribution in [2.45, 2.75) is 13.0 Å². The molecule has 1 atom stereocenters. The van der Waals surface area contributed by atoms with Crippen LogP contribution in [0.4, 0.5) is 5.82 Å². The Balaban J connectivity index is 2.15. The molecule has 0 radical (unpaired) electrons. The minimum atomic E-state index is -0.762. The van der Waals surface area contributed by atoms with Crippen molar-refractivity contribution >= 4 is 18.0 Å². The number of pyridine rings is 1. The van der Waals surface area contributed by atoms with Gasteiger partial charge in [-0.1, -0.05) is 0 Å². The summed E-state index contributed by atoms with van der Waals surface area (Å²) < 4.78 is 10.2. The van der Waals surface area contributed by atoms with E-state index in [-0.39, 0.29) is 0 Å². The summed E-state index contributed by atoms with van der Waals surface area (Å²) in [5.74, 6) is 0.548. The number of hydrogen-bond donors (Lipinski definition) is 0. The number of hydrogen-bond acceptors (Lipinski definition) is 5. The van der Waals surface area contributed by atoms with Crippen LogP contribution in [0.1, 0.15) is 6.92 Å². The van der Waals surface area contributed by atoms with Gasteiger partial charge in [0.05, 0.1) is 12.8 Å². The summed E-state index contributed by atoms with van der Waals surface area (Å²) in [5.41, 5.74) is 0. The molecule has 78 valence electrons. The van der Waals surface area contributed by atoms with E-state index < -0.39 is 12.1 Å². The summed E-state index contributed by atoms with van der Waals surface area (Å²) in [6, 6.07) is 3.44. The molecule has 0 saturated heterocycles. The Hall–Kier alpha value is -1.91. The number of fused-ring (bicyclic) bond motifs is 1. The van der Waals surface area contributed by atoms with Crippen molar-refractivity contribution in [3.05, 3.63) is 18.3 Å². The van der Waals surface area contributed by atoms with Crippen molar-refractivity contribution in [2.24, 2.45) is 4.99 Å². The highest BCUT2D eigenvalue weighted by molar-refractivity contribution is 5.95. The molecule has 1 aromatic heterocycles. The van der Waals surface area contributed by atoms with Crippen LogP contribution in [0.2, 0.25) is 0 Å². The highest BCUT2D eigenvalue weighted by Gasteiger charge is 2.24. The van der Waals surface area contributed by atoms with Crippen molar-refractivity contribution in [1.82, 2.24) is 4.98 Å². The van der Waals surface area contributed by atoms with Gasteiger partial charge >= 0.3 is 5.97 Å². The van der Waals surface area contributed by atoms with Crippen molar-refractivity contribution in [1.29, 1.82) is 0 Å². The number of esters is 1. The van der Waals surface area contributed by atoms with Gasteiger partial charge in [0, 0.05) is 6.20 Å². The van der Waals surface area contributed by atoms with E-state index in [2.05, 4.69) is 9.98 Å². The zero-order chi connectivity index (χ0) is 10.7. The van der Waals surface area contributed by atoms with Gasteiger partial charge in [-0.05, 0) is 19.1 Å². The van der Waals surface area contributed by atoms with Gasteiger partial charge in [-0.15, -0.1) is 0 Å². The molecular formula is C10H10N2O3. The van der Waals surface area contributed by atoms with Crippen LogP contribution >= 0.6 is 0 Å². The molecule has 2 heterocycles. The Labute approximate surface area is 86.8 Å². The zero-order valence-electron chi connectivity index (χ0n) is 8.21. The van der Waals surface area contributed by atoms with Crippen LogP contribution in [0.3, 0.4) is 0 Å². The van der Waals surface area contributed by atoms with Gasteiger partial charge in [-0.2, -0.15) is 0 Å². The number of aromatic nitrogens is 1. The Morgan fingerprint density at radius 3 is 3.33 bits per heavy atom. The third-order valence-electron chi connectivity index (χ3n) is 1.86. The number of carbonyl (C=O) groups is 1. The van der Waals surface area contributed by atoms with Crippen LogP contribution in [-0.4, -0.2) is 29.9 Å². The van der Waals surface area contributed by atoms with E-state index in [0.717, 1.165) is 0 Å². The summed E-state index contributed by atoms with van der Waals surface area (Å²) in [4.78, 5) is 19.3. The number of rotatable bonds is 2. The van der Waals surface area contributed by atoms with Crippen LogP contribution in [-0.2, 0) is 9.53 Å². The highest BCUT2D eigenvalue weighted by Crippen LogP contribution is 2.27. The number of ether oxygens (including phenoxy) is 2. The van der Waals surface area contributed by atoms with Gasteiger partial charge in [0.15, 0.2) is 11.6 Å². The lowest BCUT2D eigenvalue weighted by molar-refractivity contribution is -0.148. The molecule has 0 amide bonds. The van der Waals surface area contributed by atoms with Crippen molar-refractivity contribution in [2.75, 3.05) is 6.61 Å². The van der Waals surface area contributed by atoms with Crippen molar-refractivity contribution in [3.8, 4) is 5.75 Å². The lowest BCUT2D eigenvalue weighted by atomic mass is 10.3. The van der Waals surface area contributed by atoms with Crippen LogP contribution in [0.15, 0.2) is 23.3 Å². The average molecular weight is 206 g/mol. The number of nitrogens with zero attached hydrogens (tertiary/aromatic N) is 2. The van der Waals surface area contributed by atoms with E-state index >= 15 is 0 Å². The van der Waals surface area contributed by atoms with Gasteiger partial charge in [-0.25, -0.2) is 14.8 Å². The summed E-state index contributed by atoms with van der Waals surface area (Å²) in [6.07, 6.45) is 2.25. The first kappa shape index (κ1) is 9.64. The first-order chi connectivity index (χ1) is 7.31. The van der Waals surface area contributed by atoms with E-state index in [1.807, 2.05) is 0 Å². The van der Waals surface area contributed by atoms with Crippen molar-refractivity contribution < 1.29 is 14.3 Å². The van der Waals surface area contributed by atoms with Gasteiger partial charge in [0.25, 0.3) is 0 Å². The van der Waals surface area contributed by atoms with E-state index in [9.17, 15) is 4.79 Å². The molecule has 0 aromatic carbocycles. The fraction of sp³-hybridized carbons (Fsp3) is 0.300. The minimum absolute atomic E-state index is 0.326. The topological polar surface area (TPSA) is 60.8 Å². The van der Waals surface area contributed by atoms with Crippen molar-refractivity contribution in [3.63, 3.8) is 0 Å². The molecule has 1 aliphatic heterocycles. The molecule has 0 bridgehead atoms. The smallest absolute Gasteiger partial charge is 0.353 e. The van der Waals surface area contributed by atoms with Gasteiger partial charge in [0.1, 0.15) is 0 Å². The molecule has 0 fully saturated rings. The molecule has 2 rings (SSSR count). The second-order valence-corrected chi connectivity index (χ2v) is 2.89. The molecule has 1 aliphatic rings. The lowest BCUT2D eigenvalue weighted by Crippen LogP contribution is -2.32.